The number of rotatable bonds is 5. The van der Waals surface area contributed by atoms with Crippen molar-refractivity contribution in [3.63, 3.8) is 0 Å². The third-order valence-electron chi connectivity index (χ3n) is 9.69. The Labute approximate surface area is 287 Å². The maximum absolute atomic E-state index is 6.19. The molecule has 0 saturated heterocycles. The van der Waals surface area contributed by atoms with E-state index in [2.05, 4.69) is 169 Å². The zero-order valence-corrected chi connectivity index (χ0v) is 27.3. The third kappa shape index (κ3) is 4.62. The van der Waals surface area contributed by atoms with Gasteiger partial charge < -0.3 is 9.32 Å². The lowest BCUT2D eigenvalue weighted by Crippen LogP contribution is -2.10. The lowest BCUT2D eigenvalue weighted by Gasteiger charge is -2.27. The second-order valence-corrected chi connectivity index (χ2v) is 13.6. The molecule has 2 heterocycles. The molecule has 0 aliphatic rings. The van der Waals surface area contributed by atoms with E-state index in [1.807, 2.05) is 23.5 Å². The van der Waals surface area contributed by atoms with Crippen LogP contribution in [-0.2, 0) is 0 Å². The second-order valence-electron chi connectivity index (χ2n) is 12.5. The fraction of sp³-hybridized carbons (Fsp3) is 0. The quantitative estimate of drug-likeness (QED) is 0.186. The van der Waals surface area contributed by atoms with Crippen molar-refractivity contribution < 1.29 is 4.42 Å². The topological polar surface area (TPSA) is 16.4 Å². The molecule has 10 rings (SSSR count). The highest BCUT2D eigenvalue weighted by Crippen LogP contribution is 2.43. The first-order valence-corrected chi connectivity index (χ1v) is 17.4. The molecular weight excluding hydrogens is 615 g/mol. The molecule has 8 aromatic carbocycles. The van der Waals surface area contributed by atoms with E-state index < -0.39 is 0 Å². The third-order valence-corrected chi connectivity index (χ3v) is 10.9. The van der Waals surface area contributed by atoms with Crippen LogP contribution in [0.2, 0.25) is 0 Å². The van der Waals surface area contributed by atoms with Crippen molar-refractivity contribution in [1.29, 1.82) is 0 Å². The number of nitrogens with zero attached hydrogens (tertiary/aromatic N) is 1. The molecule has 0 aliphatic heterocycles. The Balaban J connectivity index is 1.05. The zero-order chi connectivity index (χ0) is 32.3. The summed E-state index contributed by atoms with van der Waals surface area (Å²) in [5, 5.41) is 7.31. The van der Waals surface area contributed by atoms with Gasteiger partial charge in [-0.25, -0.2) is 0 Å². The van der Waals surface area contributed by atoms with Gasteiger partial charge in [0.2, 0.25) is 0 Å². The van der Waals surface area contributed by atoms with E-state index in [0.717, 1.165) is 39.0 Å². The SMILES string of the molecule is c1ccc2c(N(c3ccc(-c4ccc(-c5cccc6c5sc5ccccc56)cc4)cc3)c3ccc4oc5ccccc5c4c3)cccc2c1. The van der Waals surface area contributed by atoms with Crippen molar-refractivity contribution in [2.24, 2.45) is 0 Å². The van der Waals surface area contributed by atoms with Gasteiger partial charge in [0, 0.05) is 47.7 Å². The first kappa shape index (κ1) is 27.9. The highest BCUT2D eigenvalue weighted by Gasteiger charge is 2.18. The predicted molar refractivity (Wildman–Crippen MR) is 210 cm³/mol. The van der Waals surface area contributed by atoms with E-state index in [4.69, 9.17) is 4.42 Å². The molecule has 2 aromatic heterocycles. The Hall–Kier alpha value is -6.16. The lowest BCUT2D eigenvalue weighted by atomic mass is 9.98. The van der Waals surface area contributed by atoms with Gasteiger partial charge in [-0.3, -0.25) is 0 Å². The molecule has 0 amide bonds. The molecule has 0 aliphatic carbocycles. The normalized spacial score (nSPS) is 11.7. The van der Waals surface area contributed by atoms with Crippen molar-refractivity contribution in [3.8, 4) is 22.3 Å². The van der Waals surface area contributed by atoms with Crippen LogP contribution in [0.15, 0.2) is 180 Å². The van der Waals surface area contributed by atoms with Crippen LogP contribution in [0.1, 0.15) is 0 Å². The van der Waals surface area contributed by atoms with Crippen molar-refractivity contribution in [1.82, 2.24) is 0 Å². The standard InChI is InChI=1S/C46H29NOS/c1-2-11-36-32(9-1)10-7-16-42(36)47(35-27-28-44-41(29-35)38-12-3-5-17-43(38)48-44)34-25-23-31(24-26-34)30-19-21-33(22-20-30)37-14-8-15-40-39-13-4-6-18-45(39)49-46(37)40/h1-29H. The van der Waals surface area contributed by atoms with Gasteiger partial charge in [0.15, 0.2) is 0 Å². The Morgan fingerprint density at radius 2 is 1.02 bits per heavy atom. The van der Waals surface area contributed by atoms with Crippen LogP contribution in [-0.4, -0.2) is 0 Å². The van der Waals surface area contributed by atoms with Crippen molar-refractivity contribution in [3.05, 3.63) is 176 Å². The molecule has 0 unspecified atom stereocenters. The Bertz CT molecular complexity index is 2820. The van der Waals surface area contributed by atoms with Crippen LogP contribution >= 0.6 is 11.3 Å². The van der Waals surface area contributed by atoms with Gasteiger partial charge in [0.05, 0.1) is 5.69 Å². The highest BCUT2D eigenvalue weighted by molar-refractivity contribution is 7.26. The number of hydrogen-bond acceptors (Lipinski definition) is 3. The summed E-state index contributed by atoms with van der Waals surface area (Å²) in [5.41, 5.74) is 10.0. The average molecular weight is 644 g/mol. The largest absolute Gasteiger partial charge is 0.456 e. The van der Waals surface area contributed by atoms with Crippen LogP contribution in [0, 0.1) is 0 Å². The molecule has 10 aromatic rings. The smallest absolute Gasteiger partial charge is 0.135 e. The first-order chi connectivity index (χ1) is 24.3. The molecule has 230 valence electrons. The maximum atomic E-state index is 6.19. The van der Waals surface area contributed by atoms with Crippen LogP contribution in [0.3, 0.4) is 0 Å². The van der Waals surface area contributed by atoms with Crippen LogP contribution < -0.4 is 4.90 Å². The summed E-state index contributed by atoms with van der Waals surface area (Å²) in [6, 6.07) is 63.2. The molecule has 49 heavy (non-hydrogen) atoms. The Morgan fingerprint density at radius 1 is 0.408 bits per heavy atom. The zero-order valence-electron chi connectivity index (χ0n) is 26.5. The summed E-state index contributed by atoms with van der Waals surface area (Å²) in [5.74, 6) is 0. The summed E-state index contributed by atoms with van der Waals surface area (Å²) in [7, 11) is 0. The molecule has 0 radical (unpaired) electrons. The lowest BCUT2D eigenvalue weighted by molar-refractivity contribution is 0.669. The minimum atomic E-state index is 0.894. The number of furan rings is 1. The van der Waals surface area contributed by atoms with Gasteiger partial charge in [-0.05, 0) is 76.2 Å². The van der Waals surface area contributed by atoms with E-state index in [1.165, 1.54) is 53.2 Å². The summed E-state index contributed by atoms with van der Waals surface area (Å²) in [4.78, 5) is 2.36. The Kier molecular flexibility index (Phi) is 6.39. The summed E-state index contributed by atoms with van der Waals surface area (Å²) < 4.78 is 8.86. The number of anilines is 3. The van der Waals surface area contributed by atoms with Crippen molar-refractivity contribution in [2.45, 2.75) is 0 Å². The predicted octanol–water partition coefficient (Wildman–Crippen LogP) is 13.9. The first-order valence-electron chi connectivity index (χ1n) is 16.6. The van der Waals surface area contributed by atoms with Crippen LogP contribution in [0.5, 0.6) is 0 Å². The Morgan fingerprint density at radius 3 is 1.88 bits per heavy atom. The molecule has 2 nitrogen and oxygen atoms in total. The number of para-hydroxylation sites is 1. The van der Waals surface area contributed by atoms with Crippen LogP contribution in [0.4, 0.5) is 17.1 Å². The van der Waals surface area contributed by atoms with Gasteiger partial charge in [-0.15, -0.1) is 11.3 Å². The fourth-order valence-corrected chi connectivity index (χ4v) is 8.54. The molecule has 0 saturated carbocycles. The van der Waals surface area contributed by atoms with Gasteiger partial charge in [-0.1, -0.05) is 127 Å². The minimum absolute atomic E-state index is 0.894. The molecule has 0 atom stereocenters. The fourth-order valence-electron chi connectivity index (χ4n) is 7.30. The number of fused-ring (bicyclic) bond motifs is 7. The highest BCUT2D eigenvalue weighted by atomic mass is 32.1. The molecular formula is C46H29NOS. The van der Waals surface area contributed by atoms with Crippen molar-refractivity contribution >= 4 is 81.3 Å². The van der Waals surface area contributed by atoms with Crippen LogP contribution in [0.25, 0.3) is 75.1 Å². The van der Waals surface area contributed by atoms with Gasteiger partial charge in [0.25, 0.3) is 0 Å². The monoisotopic (exact) mass is 643 g/mol. The van der Waals surface area contributed by atoms with E-state index in [1.54, 1.807) is 0 Å². The van der Waals surface area contributed by atoms with Gasteiger partial charge >= 0.3 is 0 Å². The maximum Gasteiger partial charge on any atom is 0.135 e. The number of benzene rings is 8. The molecule has 0 fully saturated rings. The van der Waals surface area contributed by atoms with Crippen molar-refractivity contribution in [2.75, 3.05) is 4.90 Å². The molecule has 0 spiro atoms. The van der Waals surface area contributed by atoms with E-state index in [0.29, 0.717) is 0 Å². The number of hydrogen-bond donors (Lipinski definition) is 0. The van der Waals surface area contributed by atoms with Gasteiger partial charge in [0.1, 0.15) is 11.2 Å². The summed E-state index contributed by atoms with van der Waals surface area (Å²) >= 11 is 1.88. The molecule has 3 heteroatoms. The second kappa shape index (κ2) is 11.2. The molecule has 0 N–H and O–H groups in total. The van der Waals surface area contributed by atoms with E-state index >= 15 is 0 Å². The summed E-state index contributed by atoms with van der Waals surface area (Å²) in [6.45, 7) is 0. The van der Waals surface area contributed by atoms with E-state index in [9.17, 15) is 0 Å². The average Bonchev–Trinajstić information content (AvgIpc) is 3.74. The van der Waals surface area contributed by atoms with Gasteiger partial charge in [-0.2, -0.15) is 0 Å². The number of thiophene rings is 1. The van der Waals surface area contributed by atoms with E-state index in [-0.39, 0.29) is 0 Å². The minimum Gasteiger partial charge on any atom is -0.456 e. The molecule has 0 bridgehead atoms. The summed E-state index contributed by atoms with van der Waals surface area (Å²) in [6.07, 6.45) is 0.